The molecule has 2 saturated heterocycles. The number of nitrogens with zero attached hydrogens (tertiary/aromatic N) is 2. The van der Waals surface area contributed by atoms with Gasteiger partial charge < -0.3 is 20.7 Å². The Bertz CT molecular complexity index is 628. The number of guanidine groups is 1. The minimum absolute atomic E-state index is 0.0183. The Morgan fingerprint density at radius 1 is 1.21 bits per heavy atom. The molecule has 0 spiro atoms. The number of amides is 1. The van der Waals surface area contributed by atoms with Crippen molar-refractivity contribution < 1.29 is 17.9 Å². The molecule has 4 N–H and O–H groups in total. The van der Waals surface area contributed by atoms with Crippen molar-refractivity contribution in [3.63, 3.8) is 0 Å². The number of hydrogen-bond acceptors (Lipinski definition) is 6. The predicted molar refractivity (Wildman–Crippen MR) is 113 cm³/mol. The summed E-state index contributed by atoms with van der Waals surface area (Å²) in [5.41, 5.74) is 0. The minimum atomic E-state index is -3.36. The molecule has 11 heteroatoms. The second kappa shape index (κ2) is 12.3. The normalized spacial score (nSPS) is 22.3. The SMILES string of the molecule is CN=C(NCCS(=O)(=O)NCC1CCCCO1)NC1CCN(CC(=O)NC)CC1. The van der Waals surface area contributed by atoms with Crippen molar-refractivity contribution in [1.82, 2.24) is 25.6 Å². The van der Waals surface area contributed by atoms with Crippen LogP contribution >= 0.6 is 0 Å². The van der Waals surface area contributed by atoms with Crippen molar-refractivity contribution in [3.05, 3.63) is 0 Å². The maximum Gasteiger partial charge on any atom is 0.233 e. The van der Waals surface area contributed by atoms with Crippen molar-refractivity contribution in [2.45, 2.75) is 44.2 Å². The van der Waals surface area contributed by atoms with E-state index in [-0.39, 0.29) is 30.4 Å². The van der Waals surface area contributed by atoms with Crippen LogP contribution in [0.2, 0.25) is 0 Å². The van der Waals surface area contributed by atoms with Crippen molar-refractivity contribution in [3.8, 4) is 0 Å². The zero-order valence-corrected chi connectivity index (χ0v) is 18.4. The molecule has 0 aromatic rings. The van der Waals surface area contributed by atoms with Crippen LogP contribution in [0.3, 0.4) is 0 Å². The van der Waals surface area contributed by atoms with Crippen molar-refractivity contribution in [1.29, 1.82) is 0 Å². The molecule has 0 aromatic heterocycles. The second-order valence-corrected chi connectivity index (χ2v) is 9.45. The van der Waals surface area contributed by atoms with Gasteiger partial charge in [-0.25, -0.2) is 13.1 Å². The lowest BCUT2D eigenvalue weighted by atomic mass is 10.1. The molecular formula is C18H36N6O4S. The summed E-state index contributed by atoms with van der Waals surface area (Å²) in [6, 6.07) is 0.250. The van der Waals surface area contributed by atoms with Gasteiger partial charge in [0.05, 0.1) is 18.4 Å². The van der Waals surface area contributed by atoms with Crippen LogP contribution in [0.4, 0.5) is 0 Å². The zero-order valence-electron chi connectivity index (χ0n) is 17.6. The molecule has 168 valence electrons. The average molecular weight is 433 g/mol. The third-order valence-corrected chi connectivity index (χ3v) is 6.61. The maximum absolute atomic E-state index is 12.2. The molecule has 2 aliphatic heterocycles. The molecule has 2 aliphatic rings. The zero-order chi connectivity index (χ0) is 21.1. The number of nitrogens with one attached hydrogen (secondary N) is 4. The van der Waals surface area contributed by atoms with Gasteiger partial charge in [0.25, 0.3) is 0 Å². The van der Waals surface area contributed by atoms with Gasteiger partial charge >= 0.3 is 0 Å². The van der Waals surface area contributed by atoms with Crippen LogP contribution in [0.5, 0.6) is 0 Å². The molecule has 1 amide bonds. The number of sulfonamides is 1. The lowest BCUT2D eigenvalue weighted by Crippen LogP contribution is -2.50. The lowest BCUT2D eigenvalue weighted by Gasteiger charge is -2.32. The molecule has 0 bridgehead atoms. The van der Waals surface area contributed by atoms with E-state index in [2.05, 4.69) is 30.6 Å². The van der Waals surface area contributed by atoms with Gasteiger partial charge in [-0.15, -0.1) is 0 Å². The first-order valence-corrected chi connectivity index (χ1v) is 12.1. The topological polar surface area (TPSA) is 124 Å². The van der Waals surface area contributed by atoms with E-state index in [1.165, 1.54) is 0 Å². The highest BCUT2D eigenvalue weighted by atomic mass is 32.2. The van der Waals surface area contributed by atoms with Gasteiger partial charge in [-0.3, -0.25) is 14.7 Å². The van der Waals surface area contributed by atoms with Crippen LogP contribution in [-0.4, -0.2) is 96.5 Å². The smallest absolute Gasteiger partial charge is 0.233 e. The van der Waals surface area contributed by atoms with E-state index < -0.39 is 10.0 Å². The fraction of sp³-hybridized carbons (Fsp3) is 0.889. The van der Waals surface area contributed by atoms with E-state index in [0.29, 0.717) is 25.7 Å². The van der Waals surface area contributed by atoms with Gasteiger partial charge in [0.1, 0.15) is 0 Å². The van der Waals surface area contributed by atoms with Gasteiger partial charge in [-0.05, 0) is 32.1 Å². The van der Waals surface area contributed by atoms with E-state index in [0.717, 1.165) is 45.2 Å². The molecule has 1 unspecified atom stereocenters. The molecule has 2 heterocycles. The third kappa shape index (κ3) is 9.28. The van der Waals surface area contributed by atoms with Crippen LogP contribution < -0.4 is 20.7 Å². The predicted octanol–water partition coefficient (Wildman–Crippen LogP) is -1.15. The Labute approximate surface area is 174 Å². The maximum atomic E-state index is 12.2. The molecule has 0 aliphatic carbocycles. The molecule has 10 nitrogen and oxygen atoms in total. The number of likely N-dealkylation sites (N-methyl/N-ethyl adjacent to an activating group) is 1. The van der Waals surface area contributed by atoms with Crippen LogP contribution in [0.25, 0.3) is 0 Å². The summed E-state index contributed by atoms with van der Waals surface area (Å²) in [5, 5.41) is 9.06. The lowest BCUT2D eigenvalue weighted by molar-refractivity contribution is -0.122. The van der Waals surface area contributed by atoms with Crippen LogP contribution in [-0.2, 0) is 19.6 Å². The summed E-state index contributed by atoms with van der Waals surface area (Å²) < 4.78 is 32.5. The van der Waals surface area contributed by atoms with E-state index in [4.69, 9.17) is 4.74 Å². The van der Waals surface area contributed by atoms with E-state index in [9.17, 15) is 13.2 Å². The molecule has 2 fully saturated rings. The van der Waals surface area contributed by atoms with Gasteiger partial charge in [-0.2, -0.15) is 0 Å². The van der Waals surface area contributed by atoms with Crippen LogP contribution in [0.15, 0.2) is 4.99 Å². The molecule has 29 heavy (non-hydrogen) atoms. The summed E-state index contributed by atoms with van der Waals surface area (Å²) in [5.74, 6) is 0.602. The molecule has 0 saturated carbocycles. The Morgan fingerprint density at radius 3 is 2.59 bits per heavy atom. The van der Waals surface area contributed by atoms with Gasteiger partial charge in [-0.1, -0.05) is 0 Å². The summed E-state index contributed by atoms with van der Waals surface area (Å²) >= 11 is 0. The van der Waals surface area contributed by atoms with Crippen LogP contribution in [0.1, 0.15) is 32.1 Å². The number of carbonyl (C=O) groups excluding carboxylic acids is 1. The fourth-order valence-corrected chi connectivity index (χ4v) is 4.42. The summed E-state index contributed by atoms with van der Waals surface area (Å²) in [4.78, 5) is 17.8. The number of ether oxygens (including phenoxy) is 1. The number of hydrogen-bond donors (Lipinski definition) is 4. The Morgan fingerprint density at radius 2 is 1.97 bits per heavy atom. The standard InChI is InChI=1S/C18H36N6O4S/c1-19-17(25)14-24-9-6-15(7-10-24)23-18(20-2)21-8-12-29(26,27)22-13-16-5-3-4-11-28-16/h15-16,22H,3-14H2,1-2H3,(H,19,25)(H2,20,21,23). The number of carbonyl (C=O) groups is 1. The van der Waals surface area contributed by atoms with Crippen LogP contribution in [0, 0.1) is 0 Å². The Hall–Kier alpha value is -1.43. The highest BCUT2D eigenvalue weighted by Gasteiger charge is 2.22. The third-order valence-electron chi connectivity index (χ3n) is 5.27. The van der Waals surface area contributed by atoms with E-state index >= 15 is 0 Å². The molecular weight excluding hydrogens is 396 g/mol. The first kappa shape index (κ1) is 23.8. The van der Waals surface area contributed by atoms with Gasteiger partial charge in [0.2, 0.25) is 15.9 Å². The summed E-state index contributed by atoms with van der Waals surface area (Å²) in [6.07, 6.45) is 4.82. The van der Waals surface area contributed by atoms with Crippen molar-refractivity contribution in [2.24, 2.45) is 4.99 Å². The summed E-state index contributed by atoms with van der Waals surface area (Å²) in [6.45, 7) is 3.42. The number of rotatable bonds is 9. The second-order valence-electron chi connectivity index (χ2n) is 7.52. The molecule has 0 aromatic carbocycles. The van der Waals surface area contributed by atoms with Gasteiger partial charge in [0, 0.05) is 52.9 Å². The molecule has 2 rings (SSSR count). The number of piperidine rings is 1. The van der Waals surface area contributed by atoms with E-state index in [1.54, 1.807) is 14.1 Å². The van der Waals surface area contributed by atoms with E-state index in [1.807, 2.05) is 0 Å². The van der Waals surface area contributed by atoms with Crippen molar-refractivity contribution in [2.75, 3.05) is 59.2 Å². The summed E-state index contributed by atoms with van der Waals surface area (Å²) in [7, 11) is -0.0446. The van der Waals surface area contributed by atoms with Gasteiger partial charge in [0.15, 0.2) is 5.96 Å². The Kier molecular flexibility index (Phi) is 10.1. The molecule has 0 radical (unpaired) electrons. The quantitative estimate of drug-likeness (QED) is 0.268. The monoisotopic (exact) mass is 432 g/mol. The average Bonchev–Trinajstić information content (AvgIpc) is 2.73. The number of likely N-dealkylation sites (tertiary alicyclic amines) is 1. The highest BCUT2D eigenvalue weighted by Crippen LogP contribution is 2.12. The molecule has 1 atom stereocenters. The number of aliphatic imine (C=N–C) groups is 1. The minimum Gasteiger partial charge on any atom is -0.377 e. The first-order valence-electron chi connectivity index (χ1n) is 10.4. The van der Waals surface area contributed by atoms with Crippen molar-refractivity contribution >= 4 is 21.9 Å². The largest absolute Gasteiger partial charge is 0.377 e. The Balaban J connectivity index is 1.64. The highest BCUT2D eigenvalue weighted by molar-refractivity contribution is 7.89. The fourth-order valence-electron chi connectivity index (χ4n) is 3.47. The first-order chi connectivity index (χ1) is 13.9.